The molecular formula is C12H19NO4. The number of allylic oxidation sites excluding steroid dienone is 1. The molecule has 1 rings (SSSR count). The van der Waals surface area contributed by atoms with Crippen molar-refractivity contribution in [3.8, 4) is 0 Å². The smallest absolute Gasteiger partial charge is 0.313 e. The molecule has 5 heteroatoms. The Morgan fingerprint density at radius 3 is 2.41 bits per heavy atom. The molecule has 0 heterocycles. The second kappa shape index (κ2) is 4.49. The standard InChI is InChI=1S/C12H19NO4/c1-8(13)6-12(10(16)17)5-3-4-11(2,7-12)9(14)15/h3,5,8H,4,6-7,13H2,1-2H3,(H,14,15)(H,16,17). The van der Waals surface area contributed by atoms with Gasteiger partial charge in [0.05, 0.1) is 10.8 Å². The summed E-state index contributed by atoms with van der Waals surface area (Å²) in [5.74, 6) is -1.96. The summed E-state index contributed by atoms with van der Waals surface area (Å²) in [6, 6.07) is -0.285. The van der Waals surface area contributed by atoms with Gasteiger partial charge in [0.1, 0.15) is 0 Å². The highest BCUT2D eigenvalue weighted by Gasteiger charge is 2.48. The zero-order valence-electron chi connectivity index (χ0n) is 10.1. The molecular weight excluding hydrogens is 222 g/mol. The van der Waals surface area contributed by atoms with E-state index < -0.39 is 22.8 Å². The van der Waals surface area contributed by atoms with E-state index in [2.05, 4.69) is 0 Å². The summed E-state index contributed by atoms with van der Waals surface area (Å²) in [5.41, 5.74) is 3.49. The summed E-state index contributed by atoms with van der Waals surface area (Å²) in [6.07, 6.45) is 3.94. The largest absolute Gasteiger partial charge is 0.481 e. The van der Waals surface area contributed by atoms with Crippen molar-refractivity contribution in [2.45, 2.75) is 39.2 Å². The fraction of sp³-hybridized carbons (Fsp3) is 0.667. The Morgan fingerprint density at radius 1 is 1.41 bits per heavy atom. The minimum Gasteiger partial charge on any atom is -0.481 e. The molecule has 96 valence electrons. The highest BCUT2D eigenvalue weighted by molar-refractivity contribution is 5.81. The summed E-state index contributed by atoms with van der Waals surface area (Å²) >= 11 is 0. The van der Waals surface area contributed by atoms with Crippen LogP contribution in [-0.4, -0.2) is 28.2 Å². The highest BCUT2D eigenvalue weighted by atomic mass is 16.4. The van der Waals surface area contributed by atoms with Crippen LogP contribution < -0.4 is 5.73 Å². The minimum absolute atomic E-state index is 0.0860. The van der Waals surface area contributed by atoms with Crippen LogP contribution in [0.2, 0.25) is 0 Å². The van der Waals surface area contributed by atoms with Crippen molar-refractivity contribution in [3.63, 3.8) is 0 Å². The van der Waals surface area contributed by atoms with Crippen LogP contribution in [0, 0.1) is 10.8 Å². The molecule has 0 saturated carbocycles. The average Bonchev–Trinajstić information content (AvgIpc) is 2.16. The predicted octanol–water partition coefficient (Wildman–Crippen LogP) is 1.24. The summed E-state index contributed by atoms with van der Waals surface area (Å²) in [7, 11) is 0. The van der Waals surface area contributed by atoms with Gasteiger partial charge in [-0.3, -0.25) is 9.59 Å². The SMILES string of the molecule is CC(N)CC1(C(=O)O)C=CCC(C)(C(=O)O)C1. The van der Waals surface area contributed by atoms with Gasteiger partial charge in [-0.15, -0.1) is 0 Å². The van der Waals surface area contributed by atoms with Gasteiger partial charge < -0.3 is 15.9 Å². The highest BCUT2D eigenvalue weighted by Crippen LogP contribution is 2.45. The van der Waals surface area contributed by atoms with Crippen LogP contribution in [-0.2, 0) is 9.59 Å². The van der Waals surface area contributed by atoms with Gasteiger partial charge in [-0.2, -0.15) is 0 Å². The number of hydrogen-bond acceptors (Lipinski definition) is 3. The van der Waals surface area contributed by atoms with E-state index in [0.29, 0.717) is 6.42 Å². The van der Waals surface area contributed by atoms with Crippen LogP contribution in [0.4, 0.5) is 0 Å². The second-order valence-electron chi connectivity index (χ2n) is 5.29. The maximum absolute atomic E-state index is 11.4. The molecule has 17 heavy (non-hydrogen) atoms. The maximum atomic E-state index is 11.4. The Morgan fingerprint density at radius 2 is 2.00 bits per heavy atom. The summed E-state index contributed by atoms with van der Waals surface area (Å²) in [6.45, 7) is 3.31. The molecule has 0 fully saturated rings. The Bertz CT molecular complexity index is 364. The van der Waals surface area contributed by atoms with E-state index in [1.807, 2.05) is 0 Å². The van der Waals surface area contributed by atoms with Crippen LogP contribution in [0.25, 0.3) is 0 Å². The summed E-state index contributed by atoms with van der Waals surface area (Å²) in [5, 5.41) is 18.5. The first kappa shape index (κ1) is 13.7. The van der Waals surface area contributed by atoms with E-state index in [9.17, 15) is 19.8 Å². The third kappa shape index (κ3) is 2.66. The molecule has 3 atom stereocenters. The number of hydrogen-bond donors (Lipinski definition) is 3. The number of carbonyl (C=O) groups is 2. The van der Waals surface area contributed by atoms with Crippen LogP contribution in [0.15, 0.2) is 12.2 Å². The lowest BCUT2D eigenvalue weighted by Crippen LogP contribution is -2.44. The zero-order valence-corrected chi connectivity index (χ0v) is 10.1. The van der Waals surface area contributed by atoms with Crippen molar-refractivity contribution >= 4 is 11.9 Å². The van der Waals surface area contributed by atoms with Crippen LogP contribution >= 0.6 is 0 Å². The van der Waals surface area contributed by atoms with E-state index in [1.165, 1.54) is 0 Å². The van der Waals surface area contributed by atoms with Gasteiger partial charge in [-0.05, 0) is 33.1 Å². The monoisotopic (exact) mass is 241 g/mol. The Hall–Kier alpha value is -1.36. The van der Waals surface area contributed by atoms with Crippen LogP contribution in [0.5, 0.6) is 0 Å². The molecule has 5 nitrogen and oxygen atoms in total. The quantitative estimate of drug-likeness (QED) is 0.643. The Kier molecular flexibility index (Phi) is 3.62. The van der Waals surface area contributed by atoms with Gasteiger partial charge in [0.25, 0.3) is 0 Å². The van der Waals surface area contributed by atoms with E-state index in [1.54, 1.807) is 26.0 Å². The molecule has 0 amide bonds. The molecule has 0 bridgehead atoms. The van der Waals surface area contributed by atoms with Gasteiger partial charge in [0.2, 0.25) is 0 Å². The summed E-state index contributed by atoms with van der Waals surface area (Å²) < 4.78 is 0. The zero-order chi connectivity index (χ0) is 13.3. The molecule has 0 aromatic rings. The summed E-state index contributed by atoms with van der Waals surface area (Å²) in [4.78, 5) is 22.6. The predicted molar refractivity (Wildman–Crippen MR) is 62.5 cm³/mol. The number of nitrogens with two attached hydrogens (primary N) is 1. The van der Waals surface area contributed by atoms with Crippen molar-refractivity contribution in [3.05, 3.63) is 12.2 Å². The molecule has 0 saturated heterocycles. The topological polar surface area (TPSA) is 101 Å². The molecule has 3 unspecified atom stereocenters. The van der Waals surface area contributed by atoms with Gasteiger partial charge in [-0.25, -0.2) is 0 Å². The number of carboxylic acid groups (broad SMARTS) is 2. The van der Waals surface area contributed by atoms with Crippen molar-refractivity contribution in [2.75, 3.05) is 0 Å². The minimum atomic E-state index is -1.15. The van der Waals surface area contributed by atoms with E-state index in [0.717, 1.165) is 0 Å². The molecule has 0 radical (unpaired) electrons. The van der Waals surface area contributed by atoms with Gasteiger partial charge in [0.15, 0.2) is 0 Å². The molecule has 0 aliphatic heterocycles. The number of aliphatic carboxylic acids is 2. The number of rotatable bonds is 4. The molecule has 0 aromatic carbocycles. The molecule has 1 aliphatic carbocycles. The molecule has 4 N–H and O–H groups in total. The number of carboxylic acids is 2. The molecule has 0 aromatic heterocycles. The second-order valence-corrected chi connectivity index (χ2v) is 5.29. The normalized spacial score (nSPS) is 34.3. The van der Waals surface area contributed by atoms with Crippen LogP contribution in [0.1, 0.15) is 33.1 Å². The fourth-order valence-electron chi connectivity index (χ4n) is 2.48. The van der Waals surface area contributed by atoms with Crippen molar-refractivity contribution < 1.29 is 19.8 Å². The Balaban J connectivity index is 3.08. The first-order chi connectivity index (χ1) is 7.72. The third-order valence-electron chi connectivity index (χ3n) is 3.34. The van der Waals surface area contributed by atoms with E-state index >= 15 is 0 Å². The van der Waals surface area contributed by atoms with Crippen molar-refractivity contribution in [1.82, 2.24) is 0 Å². The first-order valence-electron chi connectivity index (χ1n) is 5.62. The first-order valence-corrected chi connectivity index (χ1v) is 5.62. The van der Waals surface area contributed by atoms with Crippen molar-refractivity contribution in [1.29, 1.82) is 0 Å². The van der Waals surface area contributed by atoms with E-state index in [-0.39, 0.29) is 18.9 Å². The fourth-order valence-corrected chi connectivity index (χ4v) is 2.48. The van der Waals surface area contributed by atoms with Gasteiger partial charge >= 0.3 is 11.9 Å². The molecule has 0 spiro atoms. The molecule has 1 aliphatic rings. The average molecular weight is 241 g/mol. The third-order valence-corrected chi connectivity index (χ3v) is 3.34. The van der Waals surface area contributed by atoms with Gasteiger partial charge in [-0.1, -0.05) is 12.2 Å². The lowest BCUT2D eigenvalue weighted by atomic mass is 9.64. The van der Waals surface area contributed by atoms with E-state index in [4.69, 9.17) is 5.73 Å². The lowest BCUT2D eigenvalue weighted by molar-refractivity contribution is -0.156. The van der Waals surface area contributed by atoms with Gasteiger partial charge in [0, 0.05) is 6.04 Å². The maximum Gasteiger partial charge on any atom is 0.313 e. The van der Waals surface area contributed by atoms with Crippen LogP contribution in [0.3, 0.4) is 0 Å². The van der Waals surface area contributed by atoms with Crippen molar-refractivity contribution in [2.24, 2.45) is 16.6 Å². The lowest BCUT2D eigenvalue weighted by Gasteiger charge is -2.38. The Labute approximate surface area is 100 Å².